The number of nitrogens with zero attached hydrogens (tertiary/aromatic N) is 1. The molecule has 2 amide bonds. The summed E-state index contributed by atoms with van der Waals surface area (Å²) in [6.07, 6.45) is 2.00. The fourth-order valence-corrected chi connectivity index (χ4v) is 3.63. The van der Waals surface area contributed by atoms with Gasteiger partial charge in [-0.1, -0.05) is 31.2 Å². The van der Waals surface area contributed by atoms with Crippen molar-refractivity contribution in [2.45, 2.75) is 39.2 Å². The standard InChI is InChI=1S/C23H26F2N2O2/c1-3-16-4-6-17(7-5-16)15(2)26-22(28)18-10-12-27(13-11-18)23(29)20-9-8-19(24)14-21(20)25/h4-9,14-15,18H,3,10-13H2,1-2H3,(H,26,28). The number of likely N-dealkylation sites (tertiary alicyclic amines) is 1. The molecule has 0 bridgehead atoms. The first kappa shape index (κ1) is 21.0. The highest BCUT2D eigenvalue weighted by molar-refractivity contribution is 5.94. The van der Waals surface area contributed by atoms with Gasteiger partial charge in [0.25, 0.3) is 5.91 Å². The molecule has 2 aromatic rings. The third kappa shape index (κ3) is 5.00. The summed E-state index contributed by atoms with van der Waals surface area (Å²) in [5.41, 5.74) is 2.16. The summed E-state index contributed by atoms with van der Waals surface area (Å²) in [6.45, 7) is 4.79. The third-order valence-electron chi connectivity index (χ3n) is 5.56. The Morgan fingerprint density at radius 2 is 1.76 bits per heavy atom. The topological polar surface area (TPSA) is 49.4 Å². The number of benzene rings is 2. The van der Waals surface area contributed by atoms with E-state index in [2.05, 4.69) is 24.4 Å². The summed E-state index contributed by atoms with van der Waals surface area (Å²) in [4.78, 5) is 26.6. The summed E-state index contributed by atoms with van der Waals surface area (Å²) >= 11 is 0. The quantitative estimate of drug-likeness (QED) is 0.815. The van der Waals surface area contributed by atoms with Crippen LogP contribution in [-0.2, 0) is 11.2 Å². The molecule has 3 rings (SSSR count). The fourth-order valence-electron chi connectivity index (χ4n) is 3.63. The van der Waals surface area contributed by atoms with Crippen LogP contribution in [0, 0.1) is 17.6 Å². The van der Waals surface area contributed by atoms with Gasteiger partial charge in [-0.2, -0.15) is 0 Å². The Bertz CT molecular complexity index is 875. The lowest BCUT2D eigenvalue weighted by Crippen LogP contribution is -2.43. The van der Waals surface area contributed by atoms with Crippen molar-refractivity contribution < 1.29 is 18.4 Å². The van der Waals surface area contributed by atoms with Crippen molar-refractivity contribution >= 4 is 11.8 Å². The minimum Gasteiger partial charge on any atom is -0.349 e. The molecule has 0 saturated carbocycles. The van der Waals surface area contributed by atoms with Gasteiger partial charge in [0.15, 0.2) is 0 Å². The molecule has 1 N–H and O–H groups in total. The molecular formula is C23H26F2N2O2. The number of aryl methyl sites for hydroxylation is 1. The Balaban J connectivity index is 1.54. The second-order valence-electron chi connectivity index (χ2n) is 7.52. The van der Waals surface area contributed by atoms with Crippen LogP contribution in [0.2, 0.25) is 0 Å². The molecule has 1 fully saturated rings. The van der Waals surface area contributed by atoms with Crippen molar-refractivity contribution in [3.63, 3.8) is 0 Å². The van der Waals surface area contributed by atoms with Crippen LogP contribution >= 0.6 is 0 Å². The molecule has 4 nitrogen and oxygen atoms in total. The molecule has 29 heavy (non-hydrogen) atoms. The Morgan fingerprint density at radius 1 is 1.10 bits per heavy atom. The zero-order valence-electron chi connectivity index (χ0n) is 16.8. The van der Waals surface area contributed by atoms with Gasteiger partial charge < -0.3 is 10.2 Å². The summed E-state index contributed by atoms with van der Waals surface area (Å²) in [5, 5.41) is 3.05. The molecule has 0 radical (unpaired) electrons. The lowest BCUT2D eigenvalue weighted by atomic mass is 9.94. The number of carbonyl (C=O) groups excluding carboxylic acids is 2. The molecule has 154 valence electrons. The first-order chi connectivity index (χ1) is 13.9. The van der Waals surface area contributed by atoms with E-state index < -0.39 is 17.5 Å². The lowest BCUT2D eigenvalue weighted by Gasteiger charge is -2.32. The minimum atomic E-state index is -0.863. The number of halogens is 2. The van der Waals surface area contributed by atoms with Crippen LogP contribution in [0.15, 0.2) is 42.5 Å². The Hall–Kier alpha value is -2.76. The van der Waals surface area contributed by atoms with Gasteiger partial charge in [0.2, 0.25) is 5.91 Å². The average Bonchev–Trinajstić information content (AvgIpc) is 2.73. The van der Waals surface area contributed by atoms with Crippen molar-refractivity contribution in [3.05, 3.63) is 70.8 Å². The number of piperidine rings is 1. The molecular weight excluding hydrogens is 374 g/mol. The molecule has 0 spiro atoms. The Labute approximate surface area is 169 Å². The van der Waals surface area contributed by atoms with Crippen LogP contribution in [0.5, 0.6) is 0 Å². The number of amides is 2. The Morgan fingerprint density at radius 3 is 2.34 bits per heavy atom. The summed E-state index contributed by atoms with van der Waals surface area (Å²) in [6, 6.07) is 11.0. The second-order valence-corrected chi connectivity index (χ2v) is 7.52. The number of carbonyl (C=O) groups is 2. The average molecular weight is 400 g/mol. The van der Waals surface area contributed by atoms with Gasteiger partial charge in [0.05, 0.1) is 11.6 Å². The van der Waals surface area contributed by atoms with E-state index in [4.69, 9.17) is 0 Å². The van der Waals surface area contributed by atoms with Crippen LogP contribution < -0.4 is 5.32 Å². The van der Waals surface area contributed by atoms with Crippen LogP contribution in [0.4, 0.5) is 8.78 Å². The van der Waals surface area contributed by atoms with Gasteiger partial charge in [-0.15, -0.1) is 0 Å². The van der Waals surface area contributed by atoms with Crippen LogP contribution in [0.25, 0.3) is 0 Å². The molecule has 1 unspecified atom stereocenters. The smallest absolute Gasteiger partial charge is 0.256 e. The van der Waals surface area contributed by atoms with Gasteiger partial charge in [-0.25, -0.2) is 8.78 Å². The zero-order valence-corrected chi connectivity index (χ0v) is 16.8. The molecule has 1 aliphatic heterocycles. The maximum Gasteiger partial charge on any atom is 0.256 e. The molecule has 1 saturated heterocycles. The van der Waals surface area contributed by atoms with Gasteiger partial charge in [0.1, 0.15) is 11.6 Å². The predicted molar refractivity (Wildman–Crippen MR) is 107 cm³/mol. The first-order valence-electron chi connectivity index (χ1n) is 10.0. The lowest BCUT2D eigenvalue weighted by molar-refractivity contribution is -0.127. The number of hydrogen-bond acceptors (Lipinski definition) is 2. The minimum absolute atomic E-state index is 0.0304. The van der Waals surface area contributed by atoms with Gasteiger partial charge in [0, 0.05) is 25.1 Å². The SMILES string of the molecule is CCc1ccc(C(C)NC(=O)C2CCN(C(=O)c3ccc(F)cc3F)CC2)cc1. The predicted octanol–water partition coefficient (Wildman–Crippen LogP) is 4.26. The van der Waals surface area contributed by atoms with E-state index in [-0.39, 0.29) is 23.4 Å². The van der Waals surface area contributed by atoms with Crippen LogP contribution in [0.3, 0.4) is 0 Å². The monoisotopic (exact) mass is 400 g/mol. The number of rotatable bonds is 5. The zero-order chi connectivity index (χ0) is 21.0. The summed E-state index contributed by atoms with van der Waals surface area (Å²) in [7, 11) is 0. The fraction of sp³-hybridized carbons (Fsp3) is 0.391. The molecule has 1 heterocycles. The first-order valence-corrected chi connectivity index (χ1v) is 10.0. The highest BCUT2D eigenvalue weighted by Gasteiger charge is 2.29. The van der Waals surface area contributed by atoms with E-state index in [9.17, 15) is 18.4 Å². The number of hydrogen-bond donors (Lipinski definition) is 1. The van der Waals surface area contributed by atoms with E-state index in [0.29, 0.717) is 32.0 Å². The molecule has 6 heteroatoms. The van der Waals surface area contributed by atoms with E-state index in [0.717, 1.165) is 24.1 Å². The highest BCUT2D eigenvalue weighted by atomic mass is 19.1. The van der Waals surface area contributed by atoms with Crippen molar-refractivity contribution in [3.8, 4) is 0 Å². The van der Waals surface area contributed by atoms with Crippen molar-refractivity contribution in [1.82, 2.24) is 10.2 Å². The third-order valence-corrected chi connectivity index (χ3v) is 5.56. The maximum atomic E-state index is 13.9. The van der Waals surface area contributed by atoms with E-state index >= 15 is 0 Å². The van der Waals surface area contributed by atoms with Crippen molar-refractivity contribution in [1.29, 1.82) is 0 Å². The van der Waals surface area contributed by atoms with Crippen molar-refractivity contribution in [2.24, 2.45) is 5.92 Å². The number of nitrogens with one attached hydrogen (secondary N) is 1. The maximum absolute atomic E-state index is 13.9. The van der Waals surface area contributed by atoms with Gasteiger partial charge >= 0.3 is 0 Å². The molecule has 1 atom stereocenters. The highest BCUT2D eigenvalue weighted by Crippen LogP contribution is 2.22. The molecule has 1 aliphatic rings. The molecule has 0 aliphatic carbocycles. The normalized spacial score (nSPS) is 15.8. The van der Waals surface area contributed by atoms with Gasteiger partial charge in [-0.05, 0) is 49.4 Å². The summed E-state index contributed by atoms with van der Waals surface area (Å²) < 4.78 is 26.9. The Kier molecular flexibility index (Phi) is 6.62. The molecule has 2 aromatic carbocycles. The van der Waals surface area contributed by atoms with E-state index in [1.54, 1.807) is 0 Å². The van der Waals surface area contributed by atoms with Crippen molar-refractivity contribution in [2.75, 3.05) is 13.1 Å². The van der Waals surface area contributed by atoms with E-state index in [1.807, 2.05) is 19.1 Å². The molecule has 0 aromatic heterocycles. The van der Waals surface area contributed by atoms with E-state index in [1.165, 1.54) is 10.5 Å². The van der Waals surface area contributed by atoms with Crippen LogP contribution in [-0.4, -0.2) is 29.8 Å². The van der Waals surface area contributed by atoms with Crippen LogP contribution in [0.1, 0.15) is 54.2 Å². The van der Waals surface area contributed by atoms with Gasteiger partial charge in [-0.3, -0.25) is 9.59 Å². The summed E-state index contributed by atoms with van der Waals surface area (Å²) in [5.74, 6) is -2.26. The largest absolute Gasteiger partial charge is 0.349 e. The second kappa shape index (κ2) is 9.16.